The number of hydrogen-bond donors (Lipinski definition) is 1. The summed E-state index contributed by atoms with van der Waals surface area (Å²) in [6.45, 7) is 5.73. The quantitative estimate of drug-likeness (QED) is 0.378. The fourth-order valence-electron chi connectivity index (χ4n) is 1.93. The van der Waals surface area contributed by atoms with Gasteiger partial charge in [0.05, 0.1) is 14.1 Å². The minimum atomic E-state index is -2.05. The molecule has 0 saturated heterocycles. The van der Waals surface area contributed by atoms with Gasteiger partial charge in [-0.05, 0) is 12.1 Å². The number of nitrogens with one attached hydrogen (secondary N) is 1. The van der Waals surface area contributed by atoms with Crippen molar-refractivity contribution in [3.05, 3.63) is 61.1 Å². The van der Waals surface area contributed by atoms with Crippen LogP contribution in [-0.2, 0) is 0 Å². The van der Waals surface area contributed by atoms with E-state index >= 15 is 0 Å². The molecule has 0 spiro atoms. The van der Waals surface area contributed by atoms with E-state index in [2.05, 4.69) is 4.98 Å². The van der Waals surface area contributed by atoms with E-state index in [1.54, 1.807) is 0 Å². The Hall–Kier alpha value is -3.01. The van der Waals surface area contributed by atoms with E-state index in [-0.39, 0.29) is 5.76 Å². The first-order valence-electron chi connectivity index (χ1n) is 6.92. The molecule has 126 valence electrons. The molecule has 0 aromatic carbocycles. The number of aromatic amines is 1. The number of carbonyl (C=O) groups is 1. The summed E-state index contributed by atoms with van der Waals surface area (Å²) in [7, 11) is -2.05. The van der Waals surface area contributed by atoms with Gasteiger partial charge in [-0.25, -0.2) is 9.36 Å². The van der Waals surface area contributed by atoms with Crippen LogP contribution in [0.1, 0.15) is 10.6 Å². The molecule has 0 atom stereocenters. The Morgan fingerprint density at radius 1 is 1.33 bits per heavy atom. The maximum Gasteiger partial charge on any atom is 0.433 e. The fourth-order valence-corrected chi connectivity index (χ4v) is 3.19. The second-order valence-electron chi connectivity index (χ2n) is 6.03. The highest BCUT2D eigenvalue weighted by Gasteiger charge is 2.22. The largest absolute Gasteiger partial charge is 0.433 e. The predicted molar refractivity (Wildman–Crippen MR) is 89.3 cm³/mol. The molecule has 24 heavy (non-hydrogen) atoms. The SMILES string of the molecule is C[Si](C)(C)c1cn(C(=O)C=Cc2ccc([N+](=O)[O-])o2)c(=O)[nH]c1=O. The van der Waals surface area contributed by atoms with Crippen molar-refractivity contribution in [2.75, 3.05) is 0 Å². The molecule has 2 rings (SSSR count). The molecule has 1 N–H and O–H groups in total. The molecular weight excluding hydrogens is 334 g/mol. The van der Waals surface area contributed by atoms with Crippen molar-refractivity contribution in [1.82, 2.24) is 9.55 Å². The van der Waals surface area contributed by atoms with Gasteiger partial charge in [-0.3, -0.25) is 24.7 Å². The van der Waals surface area contributed by atoms with E-state index in [1.807, 2.05) is 19.6 Å². The molecule has 0 amide bonds. The Morgan fingerprint density at radius 3 is 2.54 bits per heavy atom. The van der Waals surface area contributed by atoms with Crippen LogP contribution >= 0.6 is 0 Å². The zero-order valence-electron chi connectivity index (χ0n) is 13.2. The molecule has 0 aliphatic heterocycles. The number of nitrogens with zero attached hydrogens (tertiary/aromatic N) is 2. The van der Waals surface area contributed by atoms with Crippen LogP contribution in [-0.4, -0.2) is 28.5 Å². The third-order valence-corrected chi connectivity index (χ3v) is 5.14. The molecule has 0 aliphatic carbocycles. The van der Waals surface area contributed by atoms with Crippen molar-refractivity contribution in [1.29, 1.82) is 0 Å². The Labute approximate surface area is 136 Å². The van der Waals surface area contributed by atoms with Crippen molar-refractivity contribution in [2.45, 2.75) is 19.6 Å². The molecule has 2 aromatic heterocycles. The van der Waals surface area contributed by atoms with Gasteiger partial charge in [0, 0.05) is 17.5 Å². The van der Waals surface area contributed by atoms with Crippen LogP contribution in [0.15, 0.2) is 38.4 Å². The Kier molecular flexibility index (Phi) is 4.51. The average molecular weight is 349 g/mol. The molecule has 10 heteroatoms. The lowest BCUT2D eigenvalue weighted by molar-refractivity contribution is -0.402. The third-order valence-electron chi connectivity index (χ3n) is 3.17. The van der Waals surface area contributed by atoms with Gasteiger partial charge in [-0.15, -0.1) is 0 Å². The number of rotatable bonds is 4. The number of furan rings is 1. The summed E-state index contributed by atoms with van der Waals surface area (Å²) in [6.07, 6.45) is 3.50. The molecule has 0 bridgehead atoms. The highest BCUT2D eigenvalue weighted by molar-refractivity contribution is 6.88. The Morgan fingerprint density at radius 2 is 2.00 bits per heavy atom. The van der Waals surface area contributed by atoms with Crippen LogP contribution in [0.2, 0.25) is 19.6 Å². The van der Waals surface area contributed by atoms with Crippen LogP contribution < -0.4 is 16.4 Å². The van der Waals surface area contributed by atoms with Crippen LogP contribution in [0.3, 0.4) is 0 Å². The Balaban J connectivity index is 2.35. The Bertz CT molecular complexity index is 944. The molecule has 0 aliphatic rings. The van der Waals surface area contributed by atoms with E-state index in [0.29, 0.717) is 5.19 Å². The molecule has 0 radical (unpaired) electrons. The van der Waals surface area contributed by atoms with Gasteiger partial charge in [0.15, 0.2) is 0 Å². The van der Waals surface area contributed by atoms with Crippen molar-refractivity contribution in [3.63, 3.8) is 0 Å². The molecule has 2 aromatic rings. The summed E-state index contributed by atoms with van der Waals surface area (Å²) in [6, 6.07) is 2.48. The van der Waals surface area contributed by atoms with Gasteiger partial charge in [-0.2, -0.15) is 0 Å². The predicted octanol–water partition coefficient (Wildman–Crippen LogP) is 0.937. The lowest BCUT2D eigenvalue weighted by atomic mass is 10.4. The number of aromatic nitrogens is 2. The van der Waals surface area contributed by atoms with Gasteiger partial charge < -0.3 is 4.42 Å². The van der Waals surface area contributed by atoms with Gasteiger partial charge >= 0.3 is 11.6 Å². The van der Waals surface area contributed by atoms with Crippen LogP contribution in [0, 0.1) is 10.1 Å². The molecule has 0 fully saturated rings. The van der Waals surface area contributed by atoms with E-state index in [0.717, 1.165) is 16.7 Å². The number of hydrogen-bond acceptors (Lipinski definition) is 6. The number of carbonyl (C=O) groups excluding carboxylic acids is 1. The zero-order valence-corrected chi connectivity index (χ0v) is 14.2. The highest BCUT2D eigenvalue weighted by Crippen LogP contribution is 2.16. The lowest BCUT2D eigenvalue weighted by Crippen LogP contribution is -2.53. The number of allylic oxidation sites excluding steroid dienone is 1. The van der Waals surface area contributed by atoms with Gasteiger partial charge in [0.1, 0.15) is 10.7 Å². The first-order chi connectivity index (χ1) is 11.1. The molecule has 2 heterocycles. The van der Waals surface area contributed by atoms with Crippen molar-refractivity contribution >= 4 is 31.1 Å². The zero-order chi connectivity index (χ0) is 18.1. The summed E-state index contributed by atoms with van der Waals surface area (Å²) in [5.41, 5.74) is -1.34. The second-order valence-corrected chi connectivity index (χ2v) is 11.1. The summed E-state index contributed by atoms with van der Waals surface area (Å²) < 4.78 is 5.68. The first kappa shape index (κ1) is 17.3. The third kappa shape index (κ3) is 3.66. The fraction of sp³-hybridized carbons (Fsp3) is 0.214. The molecule has 9 nitrogen and oxygen atoms in total. The summed E-state index contributed by atoms with van der Waals surface area (Å²) >= 11 is 0. The van der Waals surface area contributed by atoms with Crippen molar-refractivity contribution in [3.8, 4) is 0 Å². The minimum absolute atomic E-state index is 0.0953. The van der Waals surface area contributed by atoms with Crippen molar-refractivity contribution < 1.29 is 14.1 Å². The topological polar surface area (TPSA) is 128 Å². The second kappa shape index (κ2) is 6.24. The van der Waals surface area contributed by atoms with E-state index in [4.69, 9.17) is 4.42 Å². The monoisotopic (exact) mass is 349 g/mol. The van der Waals surface area contributed by atoms with Gasteiger partial charge in [-0.1, -0.05) is 19.6 Å². The highest BCUT2D eigenvalue weighted by atomic mass is 28.3. The standard InChI is InChI=1S/C14H15N3O6Si/c1-24(2,3)10-8-16(14(20)15-13(10)19)11(18)6-4-9-5-7-12(23-9)17(21)22/h4-8H,1-3H3,(H,15,19,20). The van der Waals surface area contributed by atoms with Crippen molar-refractivity contribution in [2.24, 2.45) is 0 Å². The van der Waals surface area contributed by atoms with Crippen LogP contribution in [0.25, 0.3) is 6.08 Å². The maximum absolute atomic E-state index is 12.2. The summed E-state index contributed by atoms with van der Waals surface area (Å²) in [5, 5.41) is 10.9. The summed E-state index contributed by atoms with van der Waals surface area (Å²) in [4.78, 5) is 47.8. The number of nitro groups is 1. The average Bonchev–Trinajstić information content (AvgIpc) is 2.92. The van der Waals surface area contributed by atoms with E-state index in [1.165, 1.54) is 18.3 Å². The first-order valence-corrected chi connectivity index (χ1v) is 10.4. The van der Waals surface area contributed by atoms with E-state index < -0.39 is 36.0 Å². The maximum atomic E-state index is 12.2. The lowest BCUT2D eigenvalue weighted by Gasteiger charge is -2.15. The van der Waals surface area contributed by atoms with Crippen LogP contribution in [0.4, 0.5) is 5.88 Å². The van der Waals surface area contributed by atoms with Gasteiger partial charge in [0.25, 0.3) is 11.5 Å². The number of H-pyrrole nitrogens is 1. The summed E-state index contributed by atoms with van der Waals surface area (Å²) in [5.74, 6) is -1.06. The van der Waals surface area contributed by atoms with Gasteiger partial charge in [0.2, 0.25) is 0 Å². The molecule has 0 unspecified atom stereocenters. The normalized spacial score (nSPS) is 11.8. The minimum Gasteiger partial charge on any atom is -0.401 e. The van der Waals surface area contributed by atoms with E-state index in [9.17, 15) is 24.5 Å². The van der Waals surface area contributed by atoms with Crippen LogP contribution in [0.5, 0.6) is 0 Å². The smallest absolute Gasteiger partial charge is 0.401 e. The molecule has 0 saturated carbocycles. The molecular formula is C14H15N3O6Si.